The molecule has 1 aliphatic heterocycles. The van der Waals surface area contributed by atoms with Gasteiger partial charge < -0.3 is 16.1 Å². The molecule has 102 valence electrons. The van der Waals surface area contributed by atoms with Gasteiger partial charge >= 0.3 is 0 Å². The summed E-state index contributed by atoms with van der Waals surface area (Å²) in [5.74, 6) is 5.76. The topological polar surface area (TPSA) is 135 Å². The van der Waals surface area contributed by atoms with Gasteiger partial charge in [-0.15, -0.1) is 0 Å². The molecule has 1 unspecified atom stereocenters. The fraction of sp³-hybridized carbons (Fsp3) is 0.400. The van der Waals surface area contributed by atoms with Crippen LogP contribution in [0.1, 0.15) is 12.8 Å². The Morgan fingerprint density at radius 2 is 2.26 bits per heavy atom. The predicted molar refractivity (Wildman–Crippen MR) is 68.4 cm³/mol. The molecule has 9 heteroatoms. The molecule has 5 N–H and O–H groups in total. The summed E-state index contributed by atoms with van der Waals surface area (Å²) in [6.07, 6.45) is 1.24. The molecule has 1 saturated heterocycles. The highest BCUT2D eigenvalue weighted by Crippen LogP contribution is 2.20. The van der Waals surface area contributed by atoms with E-state index in [-0.39, 0.29) is 23.5 Å². The molecule has 1 aromatic heterocycles. The van der Waals surface area contributed by atoms with Gasteiger partial charge in [-0.2, -0.15) is 0 Å². The van der Waals surface area contributed by atoms with Crippen molar-refractivity contribution >= 4 is 23.2 Å². The van der Waals surface area contributed by atoms with E-state index in [2.05, 4.69) is 21.0 Å². The first-order valence-corrected chi connectivity index (χ1v) is 5.75. The number of hydrogen-bond acceptors (Lipinski definition) is 7. The first kappa shape index (κ1) is 13.0. The van der Waals surface area contributed by atoms with Crippen molar-refractivity contribution in [3.05, 3.63) is 22.2 Å². The molecule has 0 bridgehead atoms. The van der Waals surface area contributed by atoms with Gasteiger partial charge in [-0.3, -0.25) is 14.9 Å². The summed E-state index contributed by atoms with van der Waals surface area (Å²) in [5, 5.41) is 16.5. The number of carbonyl (C=O) groups is 1. The summed E-state index contributed by atoms with van der Waals surface area (Å²) in [6, 6.07) is 2.57. The Balaban J connectivity index is 2.04. The minimum atomic E-state index is -0.523. The number of aromatic nitrogens is 1. The number of hydrogen-bond donors (Lipinski definition) is 4. The number of amides is 1. The lowest BCUT2D eigenvalue weighted by atomic mass is 10.2. The molecule has 0 saturated carbocycles. The lowest BCUT2D eigenvalue weighted by Crippen LogP contribution is -2.32. The number of nitrogen functional groups attached to an aromatic ring is 1. The normalized spacial score (nSPS) is 17.9. The molecule has 0 aliphatic carbocycles. The highest BCUT2D eigenvalue weighted by atomic mass is 16.6. The fourth-order valence-electron chi connectivity index (χ4n) is 1.84. The van der Waals surface area contributed by atoms with E-state index in [0.29, 0.717) is 18.8 Å². The van der Waals surface area contributed by atoms with Gasteiger partial charge in [0.05, 0.1) is 17.1 Å². The van der Waals surface area contributed by atoms with Crippen LogP contribution in [0.4, 0.5) is 17.3 Å². The lowest BCUT2D eigenvalue weighted by Gasteiger charge is -2.12. The van der Waals surface area contributed by atoms with Gasteiger partial charge in [-0.1, -0.05) is 0 Å². The van der Waals surface area contributed by atoms with Crippen LogP contribution in [0.25, 0.3) is 0 Å². The SMILES string of the molecule is NNc1cc([N+](=O)[O-])cc(NCC2CCC(=O)N2)n1. The van der Waals surface area contributed by atoms with E-state index in [4.69, 9.17) is 5.84 Å². The van der Waals surface area contributed by atoms with Crippen molar-refractivity contribution in [1.82, 2.24) is 10.3 Å². The van der Waals surface area contributed by atoms with Crippen molar-refractivity contribution in [2.45, 2.75) is 18.9 Å². The molecule has 1 aliphatic rings. The van der Waals surface area contributed by atoms with Crippen molar-refractivity contribution in [1.29, 1.82) is 0 Å². The van der Waals surface area contributed by atoms with Crippen LogP contribution < -0.4 is 21.9 Å². The number of nitro groups is 1. The quantitative estimate of drug-likeness (QED) is 0.333. The number of nitrogens with one attached hydrogen (secondary N) is 3. The molecular formula is C10H14N6O3. The standard InChI is InChI=1S/C10H14N6O3/c11-15-9-4-7(16(18)19)3-8(14-9)12-5-6-1-2-10(17)13-6/h3-4,6H,1-2,5,11H2,(H,13,17)(H2,12,14,15). The van der Waals surface area contributed by atoms with Crippen molar-refractivity contribution in [3.63, 3.8) is 0 Å². The van der Waals surface area contributed by atoms with Crippen LogP contribution in [0, 0.1) is 10.1 Å². The maximum Gasteiger partial charge on any atom is 0.276 e. The third-order valence-corrected chi connectivity index (χ3v) is 2.78. The smallest absolute Gasteiger partial charge is 0.276 e. The first-order valence-electron chi connectivity index (χ1n) is 5.75. The van der Waals surface area contributed by atoms with Crippen molar-refractivity contribution in [2.75, 3.05) is 17.3 Å². The molecule has 1 atom stereocenters. The van der Waals surface area contributed by atoms with E-state index in [1.807, 2.05) is 0 Å². The van der Waals surface area contributed by atoms with E-state index in [1.54, 1.807) is 0 Å². The van der Waals surface area contributed by atoms with Crippen LogP contribution in [-0.2, 0) is 4.79 Å². The third kappa shape index (κ3) is 3.28. The summed E-state index contributed by atoms with van der Waals surface area (Å²) < 4.78 is 0. The second kappa shape index (κ2) is 5.48. The maximum absolute atomic E-state index is 11.0. The second-order valence-corrected chi connectivity index (χ2v) is 4.18. The number of carbonyl (C=O) groups excluding carboxylic acids is 1. The number of pyridine rings is 1. The number of anilines is 2. The lowest BCUT2D eigenvalue weighted by molar-refractivity contribution is -0.384. The van der Waals surface area contributed by atoms with Gasteiger partial charge in [-0.05, 0) is 6.42 Å². The van der Waals surface area contributed by atoms with Crippen LogP contribution in [0.3, 0.4) is 0 Å². The number of rotatable bonds is 5. The maximum atomic E-state index is 11.0. The summed E-state index contributed by atoms with van der Waals surface area (Å²) in [6.45, 7) is 0.462. The Bertz CT molecular complexity index is 506. The van der Waals surface area contributed by atoms with E-state index in [1.165, 1.54) is 12.1 Å². The van der Waals surface area contributed by atoms with E-state index < -0.39 is 4.92 Å². The summed E-state index contributed by atoms with van der Waals surface area (Å²) >= 11 is 0. The van der Waals surface area contributed by atoms with Gasteiger partial charge in [-0.25, -0.2) is 10.8 Å². The molecule has 2 rings (SSSR count). The molecule has 0 aromatic carbocycles. The summed E-state index contributed by atoms with van der Waals surface area (Å²) in [4.78, 5) is 25.3. The van der Waals surface area contributed by atoms with Gasteiger partial charge in [0.2, 0.25) is 5.91 Å². The molecule has 0 radical (unpaired) electrons. The zero-order chi connectivity index (χ0) is 13.8. The highest BCUT2D eigenvalue weighted by Gasteiger charge is 2.20. The van der Waals surface area contributed by atoms with Crippen molar-refractivity contribution in [3.8, 4) is 0 Å². The van der Waals surface area contributed by atoms with Crippen LogP contribution in [0.5, 0.6) is 0 Å². The Morgan fingerprint density at radius 3 is 2.84 bits per heavy atom. The number of nitrogens with two attached hydrogens (primary N) is 1. The largest absolute Gasteiger partial charge is 0.368 e. The van der Waals surface area contributed by atoms with Crippen LogP contribution >= 0.6 is 0 Å². The average molecular weight is 266 g/mol. The van der Waals surface area contributed by atoms with Gasteiger partial charge in [0, 0.05) is 19.0 Å². The molecule has 2 heterocycles. The molecule has 9 nitrogen and oxygen atoms in total. The Labute approximate surface area is 108 Å². The fourth-order valence-corrected chi connectivity index (χ4v) is 1.84. The molecular weight excluding hydrogens is 252 g/mol. The molecule has 0 spiro atoms. The Morgan fingerprint density at radius 1 is 1.53 bits per heavy atom. The van der Waals surface area contributed by atoms with E-state index >= 15 is 0 Å². The zero-order valence-electron chi connectivity index (χ0n) is 10.0. The van der Waals surface area contributed by atoms with Crippen LogP contribution in [0.15, 0.2) is 12.1 Å². The second-order valence-electron chi connectivity index (χ2n) is 4.18. The third-order valence-electron chi connectivity index (χ3n) is 2.78. The first-order chi connectivity index (χ1) is 9.08. The van der Waals surface area contributed by atoms with Gasteiger partial charge in [0.25, 0.3) is 5.69 Å². The Kier molecular flexibility index (Phi) is 3.76. The minimum absolute atomic E-state index is 0.0165. The predicted octanol–water partition coefficient (Wildman–Crippen LogP) is -0.0341. The average Bonchev–Trinajstić information content (AvgIpc) is 2.81. The van der Waals surface area contributed by atoms with Gasteiger partial charge in [0.1, 0.15) is 11.6 Å². The summed E-state index contributed by atoms with van der Waals surface area (Å²) in [7, 11) is 0. The summed E-state index contributed by atoms with van der Waals surface area (Å²) in [5.41, 5.74) is 2.16. The monoisotopic (exact) mass is 266 g/mol. The van der Waals surface area contributed by atoms with E-state index in [9.17, 15) is 14.9 Å². The van der Waals surface area contributed by atoms with Crippen LogP contribution in [0.2, 0.25) is 0 Å². The van der Waals surface area contributed by atoms with Crippen molar-refractivity contribution < 1.29 is 9.72 Å². The molecule has 19 heavy (non-hydrogen) atoms. The highest BCUT2D eigenvalue weighted by molar-refractivity contribution is 5.78. The number of nitrogens with zero attached hydrogens (tertiary/aromatic N) is 2. The minimum Gasteiger partial charge on any atom is -0.368 e. The van der Waals surface area contributed by atoms with Gasteiger partial charge in [0.15, 0.2) is 0 Å². The number of hydrazine groups is 1. The van der Waals surface area contributed by atoms with Crippen LogP contribution in [-0.4, -0.2) is 28.4 Å². The molecule has 1 aromatic rings. The van der Waals surface area contributed by atoms with Crippen molar-refractivity contribution in [2.24, 2.45) is 5.84 Å². The Hall–Kier alpha value is -2.42. The molecule has 1 fully saturated rings. The van der Waals surface area contributed by atoms with E-state index in [0.717, 1.165) is 6.42 Å². The molecule has 1 amide bonds. The zero-order valence-corrected chi connectivity index (χ0v) is 10.0.